The third-order valence-electron chi connectivity index (χ3n) is 12.6. The lowest BCUT2D eigenvalue weighted by atomic mass is 9.63. The van der Waals surface area contributed by atoms with E-state index in [-0.39, 0.29) is 16.2 Å². The Morgan fingerprint density at radius 3 is 1.50 bits per heavy atom. The summed E-state index contributed by atoms with van der Waals surface area (Å²) in [6.07, 6.45) is 2.39. The molecule has 266 valence electrons. The predicted octanol–water partition coefficient (Wildman–Crippen LogP) is 14.8. The van der Waals surface area contributed by atoms with E-state index in [1.165, 1.54) is 85.3 Å². The zero-order valence-electron chi connectivity index (χ0n) is 32.4. The van der Waals surface area contributed by atoms with Gasteiger partial charge in [-0.1, -0.05) is 169 Å². The molecule has 2 aliphatic rings. The Morgan fingerprint density at radius 1 is 0.352 bits per heavy atom. The van der Waals surface area contributed by atoms with Crippen LogP contribution in [0.5, 0.6) is 0 Å². The van der Waals surface area contributed by atoms with Crippen molar-refractivity contribution in [2.45, 2.75) is 70.6 Å². The lowest BCUT2D eigenvalue weighted by Gasteiger charge is -2.42. The van der Waals surface area contributed by atoms with Gasteiger partial charge in [0.15, 0.2) is 0 Å². The van der Waals surface area contributed by atoms with Gasteiger partial charge in [0.25, 0.3) is 0 Å². The lowest BCUT2D eigenvalue weighted by molar-refractivity contribution is 0.332. The van der Waals surface area contributed by atoms with Crippen molar-refractivity contribution < 1.29 is 0 Å². The first-order valence-corrected chi connectivity index (χ1v) is 19.6. The van der Waals surface area contributed by atoms with E-state index < -0.39 is 0 Å². The smallest absolute Gasteiger partial charge is 0.0543 e. The van der Waals surface area contributed by atoms with Crippen LogP contribution in [0.1, 0.15) is 76.6 Å². The first-order chi connectivity index (χ1) is 26.0. The van der Waals surface area contributed by atoms with Gasteiger partial charge in [0.05, 0.1) is 5.69 Å². The molecular weight excluding hydrogens is 651 g/mol. The number of para-hydroxylation sites is 1. The van der Waals surface area contributed by atoms with Crippen molar-refractivity contribution >= 4 is 17.1 Å². The van der Waals surface area contributed by atoms with E-state index in [4.69, 9.17) is 0 Å². The highest BCUT2D eigenvalue weighted by Gasteiger charge is 2.39. The van der Waals surface area contributed by atoms with Crippen LogP contribution < -0.4 is 4.90 Å². The van der Waals surface area contributed by atoms with Crippen molar-refractivity contribution in [1.82, 2.24) is 0 Å². The summed E-state index contributed by atoms with van der Waals surface area (Å²) >= 11 is 0. The quantitative estimate of drug-likeness (QED) is 0.167. The second-order valence-electron chi connectivity index (χ2n) is 17.3. The zero-order chi connectivity index (χ0) is 37.2. The third kappa shape index (κ3) is 5.69. The Kier molecular flexibility index (Phi) is 8.05. The van der Waals surface area contributed by atoms with E-state index in [0.717, 1.165) is 11.4 Å². The van der Waals surface area contributed by atoms with Gasteiger partial charge in [-0.2, -0.15) is 0 Å². The Morgan fingerprint density at radius 2 is 0.852 bits per heavy atom. The first-order valence-electron chi connectivity index (χ1n) is 19.6. The molecular formula is C53H49N. The van der Waals surface area contributed by atoms with Crippen LogP contribution in [0.3, 0.4) is 0 Å². The van der Waals surface area contributed by atoms with Gasteiger partial charge in [-0.3, -0.25) is 0 Å². The highest BCUT2D eigenvalue weighted by atomic mass is 15.1. The van der Waals surface area contributed by atoms with Crippen molar-refractivity contribution in [1.29, 1.82) is 0 Å². The molecule has 0 atom stereocenters. The van der Waals surface area contributed by atoms with Gasteiger partial charge in [-0.25, -0.2) is 0 Å². The minimum absolute atomic E-state index is 0.112. The molecule has 9 rings (SSSR count). The fourth-order valence-corrected chi connectivity index (χ4v) is 9.20. The Hall–Kier alpha value is -5.66. The topological polar surface area (TPSA) is 3.24 Å². The summed E-state index contributed by atoms with van der Waals surface area (Å²) in [5.74, 6) is 0. The molecule has 0 unspecified atom stereocenters. The second-order valence-corrected chi connectivity index (χ2v) is 17.3. The summed E-state index contributed by atoms with van der Waals surface area (Å²) in [6, 6.07) is 60.9. The van der Waals surface area contributed by atoms with E-state index in [9.17, 15) is 0 Å². The van der Waals surface area contributed by atoms with Crippen LogP contribution in [0, 0.1) is 0 Å². The number of rotatable bonds is 6. The molecule has 0 saturated heterocycles. The van der Waals surface area contributed by atoms with E-state index in [1.807, 2.05) is 0 Å². The molecule has 0 heterocycles. The molecule has 0 radical (unpaired) electrons. The first kappa shape index (κ1) is 34.1. The largest absolute Gasteiger partial charge is 0.310 e. The van der Waals surface area contributed by atoms with E-state index in [0.29, 0.717) is 0 Å². The van der Waals surface area contributed by atoms with Gasteiger partial charge in [0, 0.05) is 22.4 Å². The van der Waals surface area contributed by atoms with Gasteiger partial charge < -0.3 is 4.90 Å². The van der Waals surface area contributed by atoms with Crippen LogP contribution in [0.2, 0.25) is 0 Å². The maximum Gasteiger partial charge on any atom is 0.0543 e. The van der Waals surface area contributed by atoms with E-state index in [2.05, 4.69) is 210 Å². The molecule has 0 amide bonds. The number of hydrogen-bond donors (Lipinski definition) is 0. The van der Waals surface area contributed by atoms with Gasteiger partial charge in [-0.15, -0.1) is 0 Å². The maximum absolute atomic E-state index is 2.53. The average Bonchev–Trinajstić information content (AvgIpc) is 3.42. The molecule has 0 bridgehead atoms. The van der Waals surface area contributed by atoms with Crippen LogP contribution in [-0.4, -0.2) is 0 Å². The van der Waals surface area contributed by atoms with Crippen LogP contribution >= 0.6 is 0 Å². The standard InChI is InChI=1S/C53H49N/c1-51(2)31-32-52(3,4)49-33-40(27-30-47(49)51)44-34-45-43-19-13-14-20-46(43)53(5,6)48(45)35-50(44)54(41-17-11-8-12-18-41)42-28-25-39(26-29-42)38-23-21-37(22-24-38)36-15-9-7-10-16-36/h7-30,33-35H,31-32H2,1-6H3. The van der Waals surface area contributed by atoms with Crippen molar-refractivity contribution in [3.63, 3.8) is 0 Å². The van der Waals surface area contributed by atoms with Gasteiger partial charge in [-0.05, 0) is 121 Å². The lowest BCUT2D eigenvalue weighted by Crippen LogP contribution is -2.33. The fourth-order valence-electron chi connectivity index (χ4n) is 9.20. The number of anilines is 3. The third-order valence-corrected chi connectivity index (χ3v) is 12.6. The minimum Gasteiger partial charge on any atom is -0.310 e. The second kappa shape index (κ2) is 12.7. The van der Waals surface area contributed by atoms with Crippen molar-refractivity contribution in [2.24, 2.45) is 0 Å². The van der Waals surface area contributed by atoms with Crippen molar-refractivity contribution in [3.05, 3.63) is 186 Å². The normalized spacial score (nSPS) is 15.9. The summed E-state index contributed by atoms with van der Waals surface area (Å²) in [6.45, 7) is 14.5. The van der Waals surface area contributed by atoms with Crippen LogP contribution in [0.15, 0.2) is 164 Å². The average molecular weight is 700 g/mol. The molecule has 0 N–H and O–H groups in total. The Bertz CT molecular complexity index is 2480. The Labute approximate surface area is 322 Å². The van der Waals surface area contributed by atoms with Crippen LogP contribution in [0.4, 0.5) is 17.1 Å². The van der Waals surface area contributed by atoms with Crippen LogP contribution in [0.25, 0.3) is 44.5 Å². The molecule has 7 aromatic carbocycles. The van der Waals surface area contributed by atoms with E-state index >= 15 is 0 Å². The molecule has 0 saturated carbocycles. The van der Waals surface area contributed by atoms with Crippen LogP contribution in [-0.2, 0) is 16.2 Å². The maximum atomic E-state index is 2.53. The fraction of sp³-hybridized carbons (Fsp3) is 0.208. The molecule has 0 aliphatic heterocycles. The minimum atomic E-state index is -0.126. The van der Waals surface area contributed by atoms with Gasteiger partial charge in [0.1, 0.15) is 0 Å². The molecule has 0 spiro atoms. The number of hydrogen-bond acceptors (Lipinski definition) is 1. The molecule has 54 heavy (non-hydrogen) atoms. The van der Waals surface area contributed by atoms with Crippen molar-refractivity contribution in [3.8, 4) is 44.5 Å². The molecule has 1 heteroatoms. The molecule has 0 aromatic heterocycles. The SMILES string of the molecule is CC1(C)CCC(C)(C)c2cc(-c3cc4c(cc3N(c3ccccc3)c3ccc(-c5ccc(-c6ccccc6)cc5)cc3)C(C)(C)c3ccccc3-4)ccc21. The summed E-state index contributed by atoms with van der Waals surface area (Å²) in [7, 11) is 0. The summed E-state index contributed by atoms with van der Waals surface area (Å²) < 4.78 is 0. The summed E-state index contributed by atoms with van der Waals surface area (Å²) in [5, 5.41) is 0. The monoisotopic (exact) mass is 699 g/mol. The number of nitrogens with zero attached hydrogens (tertiary/aromatic N) is 1. The van der Waals surface area contributed by atoms with Gasteiger partial charge in [0.2, 0.25) is 0 Å². The highest BCUT2D eigenvalue weighted by molar-refractivity contribution is 5.95. The zero-order valence-corrected chi connectivity index (χ0v) is 32.4. The van der Waals surface area contributed by atoms with Crippen molar-refractivity contribution in [2.75, 3.05) is 4.90 Å². The molecule has 2 aliphatic carbocycles. The van der Waals surface area contributed by atoms with Gasteiger partial charge >= 0.3 is 0 Å². The highest BCUT2D eigenvalue weighted by Crippen LogP contribution is 2.54. The summed E-state index contributed by atoms with van der Waals surface area (Å²) in [4.78, 5) is 2.48. The predicted molar refractivity (Wildman–Crippen MR) is 230 cm³/mol. The van der Waals surface area contributed by atoms with E-state index in [1.54, 1.807) is 0 Å². The number of fused-ring (bicyclic) bond motifs is 4. The molecule has 1 nitrogen and oxygen atoms in total. The summed E-state index contributed by atoms with van der Waals surface area (Å²) in [5.41, 5.74) is 19.5. The molecule has 7 aromatic rings. The Balaban J connectivity index is 1.22. The molecule has 0 fully saturated rings. The number of benzene rings is 7.